The Hall–Kier alpha value is -1.31. The number of nitrogens with zero attached hydrogens (tertiary/aromatic N) is 1. The Morgan fingerprint density at radius 1 is 1.25 bits per heavy atom. The van der Waals surface area contributed by atoms with E-state index < -0.39 is 0 Å². The molecule has 0 amide bonds. The lowest BCUT2D eigenvalue weighted by Gasteiger charge is -2.15. The number of rotatable bonds is 2. The first kappa shape index (κ1) is 8.78. The Morgan fingerprint density at radius 3 is 2.25 bits per heavy atom. The predicted octanol–water partition coefficient (Wildman–Crippen LogP) is 1.96. The van der Waals surface area contributed by atoms with E-state index in [9.17, 15) is 4.79 Å². The molecule has 0 saturated heterocycles. The van der Waals surface area contributed by atoms with Crippen LogP contribution >= 0.6 is 0 Å². The molecule has 0 aliphatic carbocycles. The standard InChI is InChI=1S/C10H13NO/c1-8(12)9-6-4-5-7-10(9)11(2)3/h4-7H,1-3H3. The maximum atomic E-state index is 11.1. The third-order valence-corrected chi connectivity index (χ3v) is 1.77. The molecule has 0 aromatic heterocycles. The molecule has 2 nitrogen and oxygen atoms in total. The van der Waals surface area contributed by atoms with E-state index in [1.807, 2.05) is 43.3 Å². The largest absolute Gasteiger partial charge is 0.377 e. The zero-order chi connectivity index (χ0) is 9.14. The zero-order valence-electron chi connectivity index (χ0n) is 7.66. The molecule has 0 aliphatic heterocycles. The summed E-state index contributed by atoms with van der Waals surface area (Å²) in [7, 11) is 3.86. The Morgan fingerprint density at radius 2 is 1.83 bits per heavy atom. The van der Waals surface area contributed by atoms with Gasteiger partial charge in [0.2, 0.25) is 0 Å². The van der Waals surface area contributed by atoms with Gasteiger partial charge in [-0.1, -0.05) is 12.1 Å². The SMILES string of the molecule is CC(=O)c1ccccc1N(C)C. The number of carbonyl (C=O) groups excluding carboxylic acids is 1. The molecule has 0 radical (unpaired) electrons. The van der Waals surface area contributed by atoms with Crippen molar-refractivity contribution in [2.75, 3.05) is 19.0 Å². The van der Waals surface area contributed by atoms with Crippen LogP contribution in [0.3, 0.4) is 0 Å². The van der Waals surface area contributed by atoms with Crippen molar-refractivity contribution in [3.05, 3.63) is 29.8 Å². The zero-order valence-corrected chi connectivity index (χ0v) is 7.66. The second kappa shape index (κ2) is 3.39. The summed E-state index contributed by atoms with van der Waals surface area (Å²) in [5, 5.41) is 0. The van der Waals surface area contributed by atoms with Crippen LogP contribution in [0.5, 0.6) is 0 Å². The first-order valence-corrected chi connectivity index (χ1v) is 3.90. The average Bonchev–Trinajstić information content (AvgIpc) is 2.04. The minimum atomic E-state index is 0.110. The third-order valence-electron chi connectivity index (χ3n) is 1.77. The molecule has 1 rings (SSSR count). The predicted molar refractivity (Wildman–Crippen MR) is 50.8 cm³/mol. The van der Waals surface area contributed by atoms with Crippen LogP contribution in [0.25, 0.3) is 0 Å². The van der Waals surface area contributed by atoms with Crippen molar-refractivity contribution in [1.29, 1.82) is 0 Å². The van der Waals surface area contributed by atoms with Crippen molar-refractivity contribution in [3.63, 3.8) is 0 Å². The molecule has 1 aromatic carbocycles. The van der Waals surface area contributed by atoms with Crippen LogP contribution in [-0.4, -0.2) is 19.9 Å². The fourth-order valence-corrected chi connectivity index (χ4v) is 1.16. The van der Waals surface area contributed by atoms with Gasteiger partial charge in [-0.2, -0.15) is 0 Å². The highest BCUT2D eigenvalue weighted by atomic mass is 16.1. The smallest absolute Gasteiger partial charge is 0.161 e. The first-order valence-electron chi connectivity index (χ1n) is 3.90. The van der Waals surface area contributed by atoms with E-state index in [1.165, 1.54) is 0 Å². The van der Waals surface area contributed by atoms with Gasteiger partial charge in [0.25, 0.3) is 0 Å². The summed E-state index contributed by atoms with van der Waals surface area (Å²) in [6.45, 7) is 1.59. The van der Waals surface area contributed by atoms with E-state index >= 15 is 0 Å². The Balaban J connectivity index is 3.17. The minimum absolute atomic E-state index is 0.110. The number of Topliss-reactive ketones (excluding diaryl/α,β-unsaturated/α-hetero) is 1. The topological polar surface area (TPSA) is 20.3 Å². The number of hydrogen-bond donors (Lipinski definition) is 0. The molecule has 0 bridgehead atoms. The molecular weight excluding hydrogens is 150 g/mol. The lowest BCUT2D eigenvalue weighted by atomic mass is 10.1. The van der Waals surface area contributed by atoms with Crippen LogP contribution in [0.15, 0.2) is 24.3 Å². The number of para-hydroxylation sites is 1. The van der Waals surface area contributed by atoms with Gasteiger partial charge in [-0.05, 0) is 19.1 Å². The van der Waals surface area contributed by atoms with Gasteiger partial charge in [0.15, 0.2) is 5.78 Å². The van der Waals surface area contributed by atoms with Crippen molar-refractivity contribution in [3.8, 4) is 0 Å². The van der Waals surface area contributed by atoms with Crippen molar-refractivity contribution in [2.24, 2.45) is 0 Å². The molecular formula is C10H13NO. The Labute approximate surface area is 72.8 Å². The van der Waals surface area contributed by atoms with E-state index in [-0.39, 0.29) is 5.78 Å². The molecule has 0 unspecified atom stereocenters. The molecule has 0 saturated carbocycles. The van der Waals surface area contributed by atoms with Crippen LogP contribution in [0, 0.1) is 0 Å². The monoisotopic (exact) mass is 163 g/mol. The average molecular weight is 163 g/mol. The fourth-order valence-electron chi connectivity index (χ4n) is 1.16. The van der Waals surface area contributed by atoms with Gasteiger partial charge in [-0.25, -0.2) is 0 Å². The fraction of sp³-hybridized carbons (Fsp3) is 0.300. The van der Waals surface area contributed by atoms with Gasteiger partial charge in [-0.3, -0.25) is 4.79 Å². The van der Waals surface area contributed by atoms with E-state index in [4.69, 9.17) is 0 Å². The summed E-state index contributed by atoms with van der Waals surface area (Å²) >= 11 is 0. The number of benzene rings is 1. The number of carbonyl (C=O) groups is 1. The van der Waals surface area contributed by atoms with Gasteiger partial charge in [0.1, 0.15) is 0 Å². The van der Waals surface area contributed by atoms with Crippen molar-refractivity contribution in [1.82, 2.24) is 0 Å². The summed E-state index contributed by atoms with van der Waals surface area (Å²) < 4.78 is 0. The van der Waals surface area contributed by atoms with Gasteiger partial charge < -0.3 is 4.90 Å². The van der Waals surface area contributed by atoms with E-state index in [0.717, 1.165) is 11.3 Å². The van der Waals surface area contributed by atoms with Gasteiger partial charge in [0, 0.05) is 25.3 Å². The number of anilines is 1. The molecule has 1 aromatic rings. The van der Waals surface area contributed by atoms with Gasteiger partial charge in [-0.15, -0.1) is 0 Å². The van der Waals surface area contributed by atoms with Crippen LogP contribution in [0.4, 0.5) is 5.69 Å². The number of ketones is 1. The lowest BCUT2D eigenvalue weighted by Crippen LogP contribution is -2.12. The van der Waals surface area contributed by atoms with Crippen molar-refractivity contribution in [2.45, 2.75) is 6.92 Å². The highest BCUT2D eigenvalue weighted by Gasteiger charge is 2.06. The van der Waals surface area contributed by atoms with Gasteiger partial charge >= 0.3 is 0 Å². The molecule has 0 heterocycles. The quantitative estimate of drug-likeness (QED) is 0.621. The summed E-state index contributed by atoms with van der Waals surface area (Å²) in [5.74, 6) is 0.110. The maximum Gasteiger partial charge on any atom is 0.161 e. The van der Waals surface area contributed by atoms with Gasteiger partial charge in [0.05, 0.1) is 0 Å². The summed E-state index contributed by atoms with van der Waals surface area (Å²) in [6.07, 6.45) is 0. The maximum absolute atomic E-state index is 11.1. The summed E-state index contributed by atoms with van der Waals surface area (Å²) in [4.78, 5) is 13.1. The number of hydrogen-bond acceptors (Lipinski definition) is 2. The van der Waals surface area contributed by atoms with Crippen LogP contribution < -0.4 is 4.90 Å². The third kappa shape index (κ3) is 1.64. The molecule has 64 valence electrons. The second-order valence-electron chi connectivity index (χ2n) is 2.97. The second-order valence-corrected chi connectivity index (χ2v) is 2.97. The highest BCUT2D eigenvalue weighted by molar-refractivity contribution is 5.99. The molecule has 0 atom stereocenters. The molecule has 2 heteroatoms. The molecule has 0 N–H and O–H groups in total. The molecule has 0 spiro atoms. The van der Waals surface area contributed by atoms with Crippen LogP contribution in [-0.2, 0) is 0 Å². The van der Waals surface area contributed by atoms with E-state index in [0.29, 0.717) is 0 Å². The first-order chi connectivity index (χ1) is 5.63. The lowest BCUT2D eigenvalue weighted by molar-refractivity contribution is 0.101. The normalized spacial score (nSPS) is 9.58. The highest BCUT2D eigenvalue weighted by Crippen LogP contribution is 2.17. The summed E-state index contributed by atoms with van der Waals surface area (Å²) in [5.41, 5.74) is 1.76. The van der Waals surface area contributed by atoms with Crippen LogP contribution in [0.1, 0.15) is 17.3 Å². The van der Waals surface area contributed by atoms with E-state index in [1.54, 1.807) is 6.92 Å². The summed E-state index contributed by atoms with van der Waals surface area (Å²) in [6, 6.07) is 7.60. The van der Waals surface area contributed by atoms with Crippen molar-refractivity contribution < 1.29 is 4.79 Å². The molecule has 0 fully saturated rings. The van der Waals surface area contributed by atoms with E-state index in [2.05, 4.69) is 0 Å². The van der Waals surface area contributed by atoms with Crippen LogP contribution in [0.2, 0.25) is 0 Å². The Bertz CT molecular complexity index is 292. The molecule has 0 aliphatic rings. The molecule has 12 heavy (non-hydrogen) atoms. The minimum Gasteiger partial charge on any atom is -0.377 e. The van der Waals surface area contributed by atoms with Crippen molar-refractivity contribution >= 4 is 11.5 Å². The Kier molecular flexibility index (Phi) is 2.48.